The molecular formula is C72H64N8O9V. The molecule has 0 unspecified atom stereocenters. The zero-order valence-electron chi connectivity index (χ0n) is 50.6. The predicted octanol–water partition coefficient (Wildman–Crippen LogP) is 16.1. The molecule has 0 spiro atoms. The van der Waals surface area contributed by atoms with Crippen LogP contribution in [-0.4, -0.2) is 85.2 Å². The van der Waals surface area contributed by atoms with Crippen molar-refractivity contribution in [3.8, 4) is 68.3 Å². The molecule has 0 fully saturated rings. The van der Waals surface area contributed by atoms with Gasteiger partial charge in [-0.3, -0.25) is 19.7 Å². The van der Waals surface area contributed by atoms with Crippen LogP contribution in [0.2, 0.25) is 0 Å². The fraction of sp³-hybridized carbons (Fsp3) is 0.278. The number of rotatable bonds is 20. The van der Waals surface area contributed by atoms with Gasteiger partial charge in [-0.15, -0.1) is 0 Å². The molecule has 451 valence electrons. The van der Waals surface area contributed by atoms with Crippen LogP contribution < -0.4 is 4.98 Å². The Hall–Kier alpha value is -9.58. The summed E-state index contributed by atoms with van der Waals surface area (Å²) in [7, 11) is 0. The summed E-state index contributed by atoms with van der Waals surface area (Å²) in [5.41, 5.74) is 3.04. The van der Waals surface area contributed by atoms with E-state index < -0.39 is 23.9 Å². The van der Waals surface area contributed by atoms with E-state index >= 15 is 19.2 Å². The number of ether oxygens (including phenoxy) is 4. The van der Waals surface area contributed by atoms with Crippen molar-refractivity contribution in [3.63, 3.8) is 0 Å². The summed E-state index contributed by atoms with van der Waals surface area (Å²) in [5, 5.41) is 5.50. The van der Waals surface area contributed by atoms with Crippen LogP contribution in [0.4, 0.5) is 0 Å². The molecular weight excluding hydrogens is 1170 g/mol. The van der Waals surface area contributed by atoms with Crippen molar-refractivity contribution in [2.24, 2.45) is 0 Å². The minimum absolute atomic E-state index is 0.0185. The third kappa shape index (κ3) is 11.5. The number of carbonyl (C=O) groups excluding carboxylic acids is 4. The molecule has 0 aliphatic carbocycles. The van der Waals surface area contributed by atoms with Gasteiger partial charge >= 0.3 is 44.9 Å². The Labute approximate surface area is 528 Å². The molecule has 0 amide bonds. The van der Waals surface area contributed by atoms with Gasteiger partial charge in [-0.05, 0) is 98.1 Å². The van der Waals surface area contributed by atoms with E-state index in [1.54, 1.807) is 48.5 Å². The van der Waals surface area contributed by atoms with Gasteiger partial charge in [-0.25, -0.2) is 24.4 Å². The second kappa shape index (κ2) is 27.0. The standard InChI is InChI=1S/C72H64N8O8.O.V/c1-5-9-21-33-85-69(81)53-45-29-17-19-31-47(45)55(71(83)87-35-23-11-7-3)59-57(53)65-76-63-51-39-43-27-15-13-25-41(43)37-49(51)61(74-63)73-62-50-38-42-26-14-16-28-44(42)40-52(50)64(75-62)77-66-58-54(70(82)86-34-22-10-6-2)46-30-18-20-32-48(46)56(72(84)88-36-24-12-8-4)60(58)68(79-66)80-67(59)78-65;;/h13-20,25-32,37-40H,5-12,21-24,33-36H2,1-4H3;;/q-2;;+2. The molecule has 18 heteroatoms. The molecule has 3 aliphatic rings. The van der Waals surface area contributed by atoms with Gasteiger partial charge in [0.1, 0.15) is 5.82 Å². The molecule has 2 aromatic heterocycles. The van der Waals surface area contributed by atoms with Gasteiger partial charge in [0, 0.05) is 45.0 Å². The van der Waals surface area contributed by atoms with E-state index in [-0.39, 0.29) is 105 Å². The van der Waals surface area contributed by atoms with Gasteiger partial charge in [-0.2, -0.15) is 0 Å². The number of hydrogen-bond acceptors (Lipinski definition) is 16. The van der Waals surface area contributed by atoms with E-state index in [4.69, 9.17) is 62.5 Å². The molecule has 0 saturated carbocycles. The van der Waals surface area contributed by atoms with Crippen molar-refractivity contribution in [1.82, 2.24) is 39.9 Å². The summed E-state index contributed by atoms with van der Waals surface area (Å²) in [4.78, 5) is 104. The maximum atomic E-state index is 15.3. The topological polar surface area (TPSA) is 227 Å². The number of fused-ring (bicyclic) bond motifs is 24. The van der Waals surface area contributed by atoms with Crippen molar-refractivity contribution in [2.45, 2.75) is 105 Å². The molecule has 0 saturated heterocycles. The van der Waals surface area contributed by atoms with Crippen LogP contribution in [0.5, 0.6) is 0 Å². The SMILES string of the molecule is CCCCCOC(=O)c1c2c(c(C(=O)OCCCCC)c3ccccc13)-c1nc-2nc2n[c-](nc3nc(nc4nc([n-]1)-c1cc5ccccc5cc1-4)-c1cc4ccccc4cc1-3)c1c(C(=O)OCCCCC)c3ccccc3c(C(=O)OCCCCC)c21.[O]=[V+2]. The summed E-state index contributed by atoms with van der Waals surface area (Å²) in [6.45, 7) is 8.76. The fourth-order valence-electron chi connectivity index (χ4n) is 12.1. The molecule has 10 aromatic rings. The fourth-order valence-corrected chi connectivity index (χ4v) is 12.1. The van der Waals surface area contributed by atoms with E-state index in [2.05, 4.69) is 27.7 Å². The molecule has 5 heterocycles. The first-order chi connectivity index (χ1) is 44.2. The van der Waals surface area contributed by atoms with Gasteiger partial charge in [0.05, 0.1) is 60.5 Å². The molecule has 0 radical (unpaired) electrons. The molecule has 17 nitrogen and oxygen atoms in total. The average Bonchev–Trinajstić information content (AvgIpc) is 1.51. The first-order valence-electron chi connectivity index (χ1n) is 31.0. The first kappa shape index (κ1) is 60.7. The van der Waals surface area contributed by atoms with E-state index in [9.17, 15) is 0 Å². The molecule has 13 rings (SSSR count). The Bertz CT molecular complexity index is 4730. The average molecular weight is 1240 g/mol. The summed E-state index contributed by atoms with van der Waals surface area (Å²) < 4.78 is 32.9. The van der Waals surface area contributed by atoms with Gasteiger partial charge in [0.25, 0.3) is 0 Å². The Morgan fingerprint density at radius 1 is 0.400 bits per heavy atom. The number of nitrogens with zero attached hydrogens (tertiary/aromatic N) is 8. The Morgan fingerprint density at radius 3 is 1.28 bits per heavy atom. The van der Waals surface area contributed by atoms with Gasteiger partial charge in [-0.1, -0.05) is 193 Å². The Balaban J connectivity index is 0.00000389. The van der Waals surface area contributed by atoms with Crippen LogP contribution >= 0.6 is 0 Å². The van der Waals surface area contributed by atoms with Crippen LogP contribution in [0.1, 0.15) is 146 Å². The zero-order valence-corrected chi connectivity index (χ0v) is 52.0. The third-order valence-electron chi connectivity index (χ3n) is 16.5. The summed E-state index contributed by atoms with van der Waals surface area (Å²) in [5.74, 6) is -1.81. The van der Waals surface area contributed by atoms with Crippen molar-refractivity contribution in [2.75, 3.05) is 26.4 Å². The first-order valence-corrected chi connectivity index (χ1v) is 31.6. The summed E-state index contributed by atoms with van der Waals surface area (Å²) in [6.07, 6.45) is 9.33. The number of esters is 4. The minimum atomic E-state index is -0.686. The second-order valence-corrected chi connectivity index (χ2v) is 22.4. The number of unbranched alkanes of at least 4 members (excludes halogenated alkanes) is 8. The monoisotopic (exact) mass is 1240 g/mol. The molecule has 0 N–H and O–H groups in total. The second-order valence-electron chi connectivity index (χ2n) is 22.4. The number of carbonyl (C=O) groups is 4. The van der Waals surface area contributed by atoms with Crippen molar-refractivity contribution < 1.29 is 59.2 Å². The van der Waals surface area contributed by atoms with E-state index in [0.29, 0.717) is 81.1 Å². The van der Waals surface area contributed by atoms with Crippen molar-refractivity contribution in [1.29, 1.82) is 0 Å². The van der Waals surface area contributed by atoms with Crippen LogP contribution in [0.3, 0.4) is 0 Å². The van der Waals surface area contributed by atoms with E-state index in [0.717, 1.165) is 90.3 Å². The number of aromatic nitrogens is 8. The molecule has 90 heavy (non-hydrogen) atoms. The Kier molecular flexibility index (Phi) is 18.2. The zero-order chi connectivity index (χ0) is 62.4. The van der Waals surface area contributed by atoms with Crippen LogP contribution in [0, 0.1) is 0 Å². The van der Waals surface area contributed by atoms with Gasteiger partial charge in [0.2, 0.25) is 0 Å². The quantitative estimate of drug-likeness (QED) is 0.0299. The number of hydrogen-bond donors (Lipinski definition) is 0. The molecule has 3 aliphatic heterocycles. The predicted molar refractivity (Wildman–Crippen MR) is 342 cm³/mol. The van der Waals surface area contributed by atoms with Crippen molar-refractivity contribution in [3.05, 3.63) is 144 Å². The van der Waals surface area contributed by atoms with Crippen LogP contribution in [0.15, 0.2) is 121 Å². The molecule has 0 atom stereocenters. The third-order valence-corrected chi connectivity index (χ3v) is 16.5. The van der Waals surface area contributed by atoms with Crippen molar-refractivity contribution >= 4 is 89.0 Å². The maximum absolute atomic E-state index is 15.3. The Morgan fingerprint density at radius 2 is 0.778 bits per heavy atom. The van der Waals surface area contributed by atoms with Gasteiger partial charge in [0.15, 0.2) is 5.82 Å². The summed E-state index contributed by atoms with van der Waals surface area (Å²) in [6, 6.07) is 38.2. The molecule has 8 bridgehead atoms. The molecule has 8 aromatic carbocycles. The van der Waals surface area contributed by atoms with Crippen LogP contribution in [0.25, 0.3) is 133 Å². The normalized spacial score (nSPS) is 11.7. The van der Waals surface area contributed by atoms with E-state index in [1.807, 2.05) is 72.8 Å². The number of benzene rings is 8. The van der Waals surface area contributed by atoms with Gasteiger partial charge < -0.3 is 33.9 Å². The summed E-state index contributed by atoms with van der Waals surface area (Å²) >= 11 is 1.06. The van der Waals surface area contributed by atoms with E-state index in [1.165, 1.54) is 0 Å². The van der Waals surface area contributed by atoms with Crippen LogP contribution in [-0.2, 0) is 40.0 Å².